The number of carbonyl (C=O) groups is 4. The highest BCUT2D eigenvalue weighted by molar-refractivity contribution is 5.94. The van der Waals surface area contributed by atoms with Crippen molar-refractivity contribution in [3.05, 3.63) is 0 Å². The summed E-state index contributed by atoms with van der Waals surface area (Å²) in [4.78, 5) is 62.6. The lowest BCUT2D eigenvalue weighted by Gasteiger charge is -2.32. The maximum Gasteiger partial charge on any atom is 0.268 e. The van der Waals surface area contributed by atoms with E-state index in [1.807, 2.05) is 4.90 Å². The van der Waals surface area contributed by atoms with E-state index < -0.39 is 30.1 Å². The number of rotatable bonds is 4. The summed E-state index contributed by atoms with van der Waals surface area (Å²) in [5.41, 5.74) is 4.52. The minimum atomic E-state index is -0.739. The van der Waals surface area contributed by atoms with E-state index >= 15 is 0 Å². The van der Waals surface area contributed by atoms with Crippen LogP contribution in [0.15, 0.2) is 0 Å². The van der Waals surface area contributed by atoms with E-state index in [1.165, 1.54) is 0 Å². The van der Waals surface area contributed by atoms with Crippen LogP contribution in [0.4, 0.5) is 0 Å². The zero-order valence-corrected chi connectivity index (χ0v) is 14.8. The Morgan fingerprint density at radius 3 is 2.37 bits per heavy atom. The minimum Gasteiger partial charge on any atom is -0.340 e. The molecule has 0 bridgehead atoms. The van der Waals surface area contributed by atoms with Gasteiger partial charge in [0.15, 0.2) is 0 Å². The Hall–Kier alpha value is -2.24. The molecule has 0 unspecified atom stereocenters. The fourth-order valence-corrected chi connectivity index (χ4v) is 4.22. The molecule has 4 rings (SSSR count). The summed E-state index contributed by atoms with van der Waals surface area (Å²) >= 11 is 0. The number of hydrogen-bond acceptors (Lipinski definition) is 7. The average Bonchev–Trinajstić information content (AvgIpc) is 3.41. The molecule has 3 N–H and O–H groups in total. The molecule has 4 fully saturated rings. The van der Waals surface area contributed by atoms with Gasteiger partial charge < -0.3 is 10.2 Å². The van der Waals surface area contributed by atoms with Crippen molar-refractivity contribution >= 4 is 23.6 Å². The highest BCUT2D eigenvalue weighted by Gasteiger charge is 2.45. The van der Waals surface area contributed by atoms with Gasteiger partial charge >= 0.3 is 0 Å². The van der Waals surface area contributed by atoms with Crippen LogP contribution in [-0.4, -0.2) is 83.9 Å². The normalized spacial score (nSPS) is 34.0. The van der Waals surface area contributed by atoms with Crippen LogP contribution in [0.1, 0.15) is 25.7 Å². The summed E-state index contributed by atoms with van der Waals surface area (Å²) in [6, 6.07) is -2.26. The molecule has 4 atom stereocenters. The molecule has 4 saturated heterocycles. The van der Waals surface area contributed by atoms with Crippen LogP contribution in [0, 0.1) is 0 Å². The average molecular weight is 381 g/mol. The maximum absolute atomic E-state index is 13.2. The van der Waals surface area contributed by atoms with E-state index in [9.17, 15) is 19.2 Å². The van der Waals surface area contributed by atoms with Gasteiger partial charge in [0, 0.05) is 6.54 Å². The third-order valence-electron chi connectivity index (χ3n) is 5.59. The first-order valence-electron chi connectivity index (χ1n) is 9.26. The van der Waals surface area contributed by atoms with Gasteiger partial charge in [-0.1, -0.05) is 0 Å². The van der Waals surface area contributed by atoms with Crippen molar-refractivity contribution in [1.29, 1.82) is 0 Å². The van der Waals surface area contributed by atoms with E-state index in [0.29, 0.717) is 25.9 Å². The van der Waals surface area contributed by atoms with Crippen LogP contribution in [0.3, 0.4) is 0 Å². The number of nitrogens with zero attached hydrogens (tertiary/aromatic N) is 2. The molecule has 4 aliphatic heterocycles. The van der Waals surface area contributed by atoms with Crippen molar-refractivity contribution in [3.63, 3.8) is 0 Å². The van der Waals surface area contributed by atoms with Crippen molar-refractivity contribution in [3.8, 4) is 0 Å². The van der Waals surface area contributed by atoms with Crippen molar-refractivity contribution in [1.82, 2.24) is 26.1 Å². The number of amides is 4. The van der Waals surface area contributed by atoms with Crippen molar-refractivity contribution in [2.75, 3.05) is 26.3 Å². The molecule has 0 aromatic heterocycles. The third kappa shape index (κ3) is 3.37. The first kappa shape index (κ1) is 18.1. The van der Waals surface area contributed by atoms with Crippen LogP contribution in [-0.2, 0) is 28.9 Å². The Morgan fingerprint density at radius 2 is 1.67 bits per heavy atom. The second-order valence-electron chi connectivity index (χ2n) is 7.22. The van der Waals surface area contributed by atoms with Crippen molar-refractivity contribution in [2.24, 2.45) is 0 Å². The van der Waals surface area contributed by atoms with Gasteiger partial charge in [-0.15, -0.1) is 0 Å². The Balaban J connectivity index is 1.43. The SMILES string of the molecule is O=C1NOC[C@H]1NC(=O)[C@@H]1CCCN1C(=O)[C@@H]1CCCN1[C@H]1CONC1=O. The van der Waals surface area contributed by atoms with Gasteiger partial charge in [-0.25, -0.2) is 11.0 Å². The van der Waals surface area contributed by atoms with E-state index in [1.54, 1.807) is 4.90 Å². The first-order valence-corrected chi connectivity index (χ1v) is 9.26. The molecular formula is C16H23N5O6. The minimum absolute atomic E-state index is 0.0679. The lowest BCUT2D eigenvalue weighted by Crippen LogP contribution is -2.56. The van der Waals surface area contributed by atoms with Crippen LogP contribution in [0.5, 0.6) is 0 Å². The van der Waals surface area contributed by atoms with Gasteiger partial charge in [-0.2, -0.15) is 0 Å². The highest BCUT2D eigenvalue weighted by Crippen LogP contribution is 2.27. The fourth-order valence-electron chi connectivity index (χ4n) is 4.22. The molecule has 0 aromatic rings. The molecule has 0 saturated carbocycles. The van der Waals surface area contributed by atoms with E-state index in [0.717, 1.165) is 12.8 Å². The Labute approximate surface area is 155 Å². The molecule has 0 aromatic carbocycles. The van der Waals surface area contributed by atoms with Gasteiger partial charge in [-0.3, -0.25) is 33.8 Å². The monoisotopic (exact) mass is 381 g/mol. The van der Waals surface area contributed by atoms with Crippen molar-refractivity contribution < 1.29 is 28.9 Å². The molecule has 4 amide bonds. The van der Waals surface area contributed by atoms with Crippen LogP contribution < -0.4 is 16.3 Å². The van der Waals surface area contributed by atoms with Gasteiger partial charge in [0.2, 0.25) is 11.8 Å². The second kappa shape index (κ2) is 7.41. The van der Waals surface area contributed by atoms with E-state index in [2.05, 4.69) is 16.3 Å². The predicted molar refractivity (Wildman–Crippen MR) is 88.4 cm³/mol. The highest BCUT2D eigenvalue weighted by atomic mass is 16.7. The Morgan fingerprint density at radius 1 is 0.963 bits per heavy atom. The lowest BCUT2D eigenvalue weighted by atomic mass is 10.1. The predicted octanol–water partition coefficient (Wildman–Crippen LogP) is -2.58. The van der Waals surface area contributed by atoms with Gasteiger partial charge in [0.1, 0.15) is 24.7 Å². The molecule has 0 aliphatic carbocycles. The van der Waals surface area contributed by atoms with Crippen molar-refractivity contribution in [2.45, 2.75) is 49.9 Å². The molecule has 0 radical (unpaired) electrons. The molecular weight excluding hydrogens is 358 g/mol. The summed E-state index contributed by atoms with van der Waals surface area (Å²) in [5, 5.41) is 2.65. The molecule has 0 spiro atoms. The Kier molecular flexibility index (Phi) is 4.98. The number of carbonyl (C=O) groups excluding carboxylic acids is 4. The summed E-state index contributed by atoms with van der Waals surface area (Å²) in [5.74, 6) is -1.12. The van der Waals surface area contributed by atoms with Gasteiger partial charge in [-0.05, 0) is 32.2 Å². The maximum atomic E-state index is 13.2. The quantitative estimate of drug-likeness (QED) is 0.488. The van der Waals surface area contributed by atoms with Gasteiger partial charge in [0.25, 0.3) is 11.8 Å². The van der Waals surface area contributed by atoms with E-state index in [-0.39, 0.29) is 30.9 Å². The number of hydrogen-bond donors (Lipinski definition) is 3. The largest absolute Gasteiger partial charge is 0.340 e. The molecule has 4 heterocycles. The van der Waals surface area contributed by atoms with Gasteiger partial charge in [0.05, 0.1) is 12.6 Å². The van der Waals surface area contributed by atoms with Crippen LogP contribution in [0.25, 0.3) is 0 Å². The summed E-state index contributed by atoms with van der Waals surface area (Å²) in [6.45, 7) is 1.41. The Bertz CT molecular complexity index is 657. The fraction of sp³-hybridized carbons (Fsp3) is 0.750. The van der Waals surface area contributed by atoms with Crippen LogP contribution >= 0.6 is 0 Å². The molecule has 148 valence electrons. The second-order valence-corrected chi connectivity index (χ2v) is 7.22. The summed E-state index contributed by atoms with van der Waals surface area (Å²) in [7, 11) is 0. The van der Waals surface area contributed by atoms with Crippen LogP contribution in [0.2, 0.25) is 0 Å². The summed E-state index contributed by atoms with van der Waals surface area (Å²) < 4.78 is 0. The molecule has 11 nitrogen and oxygen atoms in total. The first-order chi connectivity index (χ1) is 13.1. The lowest BCUT2D eigenvalue weighted by molar-refractivity contribution is -0.143. The number of hydroxylamine groups is 2. The number of nitrogens with one attached hydrogen (secondary N) is 3. The smallest absolute Gasteiger partial charge is 0.268 e. The summed E-state index contributed by atoms with van der Waals surface area (Å²) in [6.07, 6.45) is 2.72. The zero-order chi connectivity index (χ0) is 19.0. The molecule has 27 heavy (non-hydrogen) atoms. The van der Waals surface area contributed by atoms with E-state index in [4.69, 9.17) is 9.68 Å². The topological polar surface area (TPSA) is 129 Å². The molecule has 11 heteroatoms. The standard InChI is InChI=1S/C16H23N5O6/c22-13-9(7-26-18-13)17-14(23)10-3-1-6-21(10)16(25)11-4-2-5-20(11)12-8-27-19-15(12)24/h9-12H,1-8H2,(H,17,23)(H,18,22)(H,19,24)/t9-,10+,11+,12+/m1/s1. The zero-order valence-electron chi connectivity index (χ0n) is 14.8. The third-order valence-corrected chi connectivity index (χ3v) is 5.59. The molecule has 4 aliphatic rings. The number of likely N-dealkylation sites (tertiary alicyclic amines) is 2.